The number of hydrogen-bond donors (Lipinski definition) is 1. The molecule has 0 saturated heterocycles. The van der Waals surface area contributed by atoms with E-state index < -0.39 is 39.9 Å². The first kappa shape index (κ1) is 26.0. The Hall–Kier alpha value is -4.08. The third kappa shape index (κ3) is 6.02. The van der Waals surface area contributed by atoms with Crippen molar-refractivity contribution >= 4 is 44.7 Å². The quantitative estimate of drug-likeness (QED) is 0.291. The van der Waals surface area contributed by atoms with Crippen LogP contribution in [0.15, 0.2) is 102 Å². The van der Waals surface area contributed by atoms with Crippen LogP contribution >= 0.6 is 11.6 Å². The van der Waals surface area contributed by atoms with E-state index in [-0.39, 0.29) is 26.9 Å². The van der Waals surface area contributed by atoms with Crippen LogP contribution in [0.1, 0.15) is 15.9 Å². The molecule has 0 heterocycles. The van der Waals surface area contributed by atoms with Crippen LogP contribution in [0.4, 0.5) is 20.2 Å². The lowest BCUT2D eigenvalue weighted by Crippen LogP contribution is -2.38. The van der Waals surface area contributed by atoms with Crippen molar-refractivity contribution in [1.82, 2.24) is 0 Å². The summed E-state index contributed by atoms with van der Waals surface area (Å²) in [4.78, 5) is 25.9. The van der Waals surface area contributed by atoms with Gasteiger partial charge in [0.15, 0.2) is 5.78 Å². The Morgan fingerprint density at radius 2 is 1.41 bits per heavy atom. The number of benzene rings is 4. The average Bonchev–Trinajstić information content (AvgIpc) is 2.89. The van der Waals surface area contributed by atoms with E-state index in [4.69, 9.17) is 11.6 Å². The van der Waals surface area contributed by atoms with Gasteiger partial charge in [-0.1, -0.05) is 41.9 Å². The number of halogens is 3. The van der Waals surface area contributed by atoms with Crippen molar-refractivity contribution in [1.29, 1.82) is 0 Å². The maximum atomic E-state index is 13.5. The number of rotatable bonds is 8. The normalized spacial score (nSPS) is 11.1. The van der Waals surface area contributed by atoms with Gasteiger partial charge in [-0.3, -0.25) is 13.9 Å². The number of nitrogens with one attached hydrogen (secondary N) is 1. The molecule has 0 aliphatic heterocycles. The lowest BCUT2D eigenvalue weighted by molar-refractivity contribution is -0.114. The summed E-state index contributed by atoms with van der Waals surface area (Å²) in [6, 6.07) is 21.3. The zero-order chi connectivity index (χ0) is 26.6. The molecule has 0 unspecified atom stereocenters. The Labute approximate surface area is 217 Å². The first-order chi connectivity index (χ1) is 17.6. The first-order valence-corrected chi connectivity index (χ1v) is 12.7. The summed E-state index contributed by atoms with van der Waals surface area (Å²) in [5, 5.41) is 2.84. The van der Waals surface area contributed by atoms with Gasteiger partial charge in [-0.2, -0.15) is 0 Å². The van der Waals surface area contributed by atoms with Crippen LogP contribution in [0, 0.1) is 11.6 Å². The van der Waals surface area contributed by atoms with E-state index in [1.165, 1.54) is 30.3 Å². The summed E-state index contributed by atoms with van der Waals surface area (Å²) < 4.78 is 54.5. The molecule has 0 saturated carbocycles. The molecule has 0 bridgehead atoms. The number of ketones is 1. The molecular formula is C27H19ClF2N2O4S. The van der Waals surface area contributed by atoms with Gasteiger partial charge in [-0.15, -0.1) is 0 Å². The van der Waals surface area contributed by atoms with Gasteiger partial charge in [0.1, 0.15) is 18.2 Å². The molecule has 0 aromatic heterocycles. The number of anilines is 2. The van der Waals surface area contributed by atoms with Crippen molar-refractivity contribution in [3.8, 4) is 0 Å². The van der Waals surface area contributed by atoms with E-state index in [0.717, 1.165) is 40.7 Å². The van der Waals surface area contributed by atoms with Gasteiger partial charge < -0.3 is 5.32 Å². The lowest BCUT2D eigenvalue weighted by atomic mass is 10.0. The minimum atomic E-state index is -4.35. The Kier molecular flexibility index (Phi) is 7.66. The molecular weight excluding hydrogens is 522 g/mol. The molecule has 0 spiro atoms. The van der Waals surface area contributed by atoms with Crippen LogP contribution in [0.25, 0.3) is 0 Å². The molecule has 4 rings (SSSR count). The molecule has 0 radical (unpaired) electrons. The zero-order valence-corrected chi connectivity index (χ0v) is 20.6. The standard InChI is InChI=1S/C27H19ClF2N2O4S/c28-19-6-15-25(24(16-19)27(34)18-4-2-1-3-5-18)31-26(33)17-32(22-11-7-20(29)8-12-22)37(35,36)23-13-9-21(30)10-14-23/h1-16H,17H2,(H,31,33). The summed E-state index contributed by atoms with van der Waals surface area (Å²) in [6.07, 6.45) is 0. The largest absolute Gasteiger partial charge is 0.324 e. The van der Waals surface area contributed by atoms with E-state index in [2.05, 4.69) is 5.32 Å². The molecule has 1 amide bonds. The Bertz CT molecular complexity index is 1550. The highest BCUT2D eigenvalue weighted by Crippen LogP contribution is 2.26. The summed E-state index contributed by atoms with van der Waals surface area (Å²) >= 11 is 6.09. The first-order valence-electron chi connectivity index (χ1n) is 10.9. The van der Waals surface area contributed by atoms with Gasteiger partial charge in [0.25, 0.3) is 10.0 Å². The van der Waals surface area contributed by atoms with Crippen LogP contribution in [-0.2, 0) is 14.8 Å². The molecule has 0 atom stereocenters. The van der Waals surface area contributed by atoms with E-state index in [1.54, 1.807) is 30.3 Å². The highest BCUT2D eigenvalue weighted by atomic mass is 35.5. The van der Waals surface area contributed by atoms with Gasteiger partial charge in [-0.25, -0.2) is 17.2 Å². The second-order valence-electron chi connectivity index (χ2n) is 7.88. The maximum Gasteiger partial charge on any atom is 0.264 e. The highest BCUT2D eigenvalue weighted by Gasteiger charge is 2.28. The topological polar surface area (TPSA) is 83.6 Å². The van der Waals surface area contributed by atoms with Crippen molar-refractivity contribution in [2.75, 3.05) is 16.2 Å². The molecule has 1 N–H and O–H groups in total. The number of amides is 1. The van der Waals surface area contributed by atoms with Crippen molar-refractivity contribution in [3.63, 3.8) is 0 Å². The summed E-state index contributed by atoms with van der Waals surface area (Å²) in [7, 11) is -4.35. The SMILES string of the molecule is O=C(CN(c1ccc(F)cc1)S(=O)(=O)c1ccc(F)cc1)Nc1ccc(Cl)cc1C(=O)c1ccccc1. The highest BCUT2D eigenvalue weighted by molar-refractivity contribution is 7.92. The van der Waals surface area contributed by atoms with Gasteiger partial charge in [-0.05, 0) is 66.7 Å². The predicted octanol–water partition coefficient (Wildman–Crippen LogP) is 5.68. The molecule has 4 aromatic rings. The van der Waals surface area contributed by atoms with Crippen LogP contribution < -0.4 is 9.62 Å². The van der Waals surface area contributed by atoms with Gasteiger partial charge in [0.2, 0.25) is 5.91 Å². The smallest absolute Gasteiger partial charge is 0.264 e. The van der Waals surface area contributed by atoms with Crippen molar-refractivity contribution < 1.29 is 26.8 Å². The molecule has 4 aromatic carbocycles. The summed E-state index contributed by atoms with van der Waals surface area (Å²) in [5.41, 5.74) is 0.618. The fraction of sp³-hybridized carbons (Fsp3) is 0.0370. The number of carbonyl (C=O) groups is 2. The summed E-state index contributed by atoms with van der Waals surface area (Å²) in [6.45, 7) is -0.715. The van der Waals surface area contributed by atoms with Crippen molar-refractivity contribution in [2.45, 2.75) is 4.90 Å². The predicted molar refractivity (Wildman–Crippen MR) is 137 cm³/mol. The molecule has 10 heteroatoms. The van der Waals surface area contributed by atoms with Gasteiger partial charge in [0, 0.05) is 16.1 Å². The Morgan fingerprint density at radius 1 is 0.811 bits per heavy atom. The second kappa shape index (κ2) is 10.9. The van der Waals surface area contributed by atoms with Gasteiger partial charge >= 0.3 is 0 Å². The van der Waals surface area contributed by atoms with Crippen LogP contribution in [-0.4, -0.2) is 26.7 Å². The molecule has 0 aliphatic carbocycles. The minimum Gasteiger partial charge on any atom is -0.324 e. The maximum absolute atomic E-state index is 13.5. The molecule has 188 valence electrons. The fourth-order valence-electron chi connectivity index (χ4n) is 3.53. The fourth-order valence-corrected chi connectivity index (χ4v) is 5.13. The average molecular weight is 541 g/mol. The number of sulfonamides is 1. The molecule has 6 nitrogen and oxygen atoms in total. The number of carbonyl (C=O) groups excluding carboxylic acids is 2. The third-order valence-corrected chi connectivity index (χ3v) is 7.36. The third-order valence-electron chi connectivity index (χ3n) is 5.34. The number of hydrogen-bond acceptors (Lipinski definition) is 4. The summed E-state index contributed by atoms with van der Waals surface area (Å²) in [5.74, 6) is -2.41. The minimum absolute atomic E-state index is 0.0116. The Morgan fingerprint density at radius 3 is 2.03 bits per heavy atom. The van der Waals surface area contributed by atoms with Gasteiger partial charge in [0.05, 0.1) is 16.3 Å². The number of nitrogens with zero attached hydrogens (tertiary/aromatic N) is 1. The lowest BCUT2D eigenvalue weighted by Gasteiger charge is -2.24. The molecule has 0 fully saturated rings. The molecule has 0 aliphatic rings. The van der Waals surface area contributed by atoms with Crippen LogP contribution in [0.3, 0.4) is 0 Å². The van der Waals surface area contributed by atoms with Crippen LogP contribution in [0.5, 0.6) is 0 Å². The van der Waals surface area contributed by atoms with E-state index in [1.807, 2.05) is 0 Å². The van der Waals surface area contributed by atoms with Crippen molar-refractivity contribution in [3.05, 3.63) is 125 Å². The second-order valence-corrected chi connectivity index (χ2v) is 10.2. The van der Waals surface area contributed by atoms with E-state index in [9.17, 15) is 26.8 Å². The van der Waals surface area contributed by atoms with E-state index >= 15 is 0 Å². The molecule has 37 heavy (non-hydrogen) atoms. The Balaban J connectivity index is 1.67. The zero-order valence-electron chi connectivity index (χ0n) is 19.1. The van der Waals surface area contributed by atoms with E-state index in [0.29, 0.717) is 5.56 Å². The van der Waals surface area contributed by atoms with Crippen LogP contribution in [0.2, 0.25) is 5.02 Å². The monoisotopic (exact) mass is 540 g/mol. The van der Waals surface area contributed by atoms with Crippen molar-refractivity contribution in [2.24, 2.45) is 0 Å².